The molecule has 5 heteroatoms. The van der Waals surface area contributed by atoms with Crippen molar-refractivity contribution in [1.82, 2.24) is 4.90 Å². The Labute approximate surface area is 170 Å². The first-order valence-corrected chi connectivity index (χ1v) is 10.0. The molecule has 4 nitrogen and oxygen atoms in total. The summed E-state index contributed by atoms with van der Waals surface area (Å²) in [6.07, 6.45) is 0.836. The summed E-state index contributed by atoms with van der Waals surface area (Å²) in [5.41, 5.74) is 2.78. The van der Waals surface area contributed by atoms with E-state index in [0.717, 1.165) is 29.5 Å². The third-order valence-corrected chi connectivity index (χ3v) is 5.29. The highest BCUT2D eigenvalue weighted by Gasteiger charge is 2.11. The molecule has 0 spiro atoms. The molecule has 0 aliphatic carbocycles. The summed E-state index contributed by atoms with van der Waals surface area (Å²) in [4.78, 5) is 14.2. The minimum atomic E-state index is -0.308. The Bertz CT molecular complexity index is 1040. The van der Waals surface area contributed by atoms with Crippen molar-refractivity contribution in [2.75, 3.05) is 13.2 Å². The fraction of sp³-hybridized carbons (Fsp3) is 0.375. The Morgan fingerprint density at radius 1 is 1.10 bits per heavy atom. The highest BCUT2D eigenvalue weighted by molar-refractivity contribution is 5.82. The van der Waals surface area contributed by atoms with Gasteiger partial charge >= 0.3 is 5.63 Å². The first-order valence-electron chi connectivity index (χ1n) is 10.0. The van der Waals surface area contributed by atoms with Gasteiger partial charge in [-0.2, -0.15) is 0 Å². The largest absolute Gasteiger partial charge is 0.493 e. The zero-order valence-electron chi connectivity index (χ0n) is 17.5. The van der Waals surface area contributed by atoms with E-state index in [4.69, 9.17) is 9.15 Å². The Morgan fingerprint density at radius 3 is 2.62 bits per heavy atom. The van der Waals surface area contributed by atoms with Crippen molar-refractivity contribution in [2.45, 2.75) is 46.7 Å². The fourth-order valence-corrected chi connectivity index (χ4v) is 3.37. The quantitative estimate of drug-likeness (QED) is 0.386. The summed E-state index contributed by atoms with van der Waals surface area (Å²) < 4.78 is 24.7. The van der Waals surface area contributed by atoms with Crippen LogP contribution in [0.4, 0.5) is 4.39 Å². The normalized spacial score (nSPS) is 11.6. The topological polar surface area (TPSA) is 42.7 Å². The molecule has 2 aromatic carbocycles. The molecule has 0 atom stereocenters. The maximum Gasteiger partial charge on any atom is 0.339 e. The molecule has 0 aliphatic heterocycles. The van der Waals surface area contributed by atoms with E-state index in [0.29, 0.717) is 36.1 Å². The number of ether oxygens (including phenoxy) is 1. The molecule has 3 rings (SSSR count). The van der Waals surface area contributed by atoms with Crippen molar-refractivity contribution in [1.29, 1.82) is 0 Å². The Kier molecular flexibility index (Phi) is 6.70. The number of nitrogens with zero attached hydrogens (tertiary/aromatic N) is 1. The van der Waals surface area contributed by atoms with E-state index in [9.17, 15) is 9.18 Å². The van der Waals surface area contributed by atoms with Crippen LogP contribution in [0.1, 0.15) is 37.0 Å². The van der Waals surface area contributed by atoms with Crippen LogP contribution in [0, 0.1) is 19.7 Å². The molecule has 1 heterocycles. The Morgan fingerprint density at radius 2 is 1.90 bits per heavy atom. The van der Waals surface area contributed by atoms with Crippen LogP contribution in [0.5, 0.6) is 5.75 Å². The molecule has 3 aromatic rings. The molecule has 1 aromatic heterocycles. The van der Waals surface area contributed by atoms with Gasteiger partial charge in [0.25, 0.3) is 0 Å². The second-order valence-electron chi connectivity index (χ2n) is 7.69. The third-order valence-electron chi connectivity index (χ3n) is 5.29. The number of fused-ring (bicyclic) bond motifs is 1. The minimum Gasteiger partial charge on any atom is -0.493 e. The molecule has 0 amide bonds. The maximum absolute atomic E-state index is 13.4. The standard InChI is InChI=1S/C24H28FNO3/c1-16(2)26(15-19-7-5-8-20(25)13-19)11-6-12-28-21-9-10-22-17(3)18(4)24(27)29-23(22)14-21/h5,7-10,13-14,16H,6,11-12,15H2,1-4H3. The molecule has 0 saturated heterocycles. The Balaban J connectivity index is 1.58. The van der Waals surface area contributed by atoms with Crippen LogP contribution < -0.4 is 10.4 Å². The Hall–Kier alpha value is -2.66. The van der Waals surface area contributed by atoms with E-state index in [1.165, 1.54) is 6.07 Å². The monoisotopic (exact) mass is 397 g/mol. The predicted molar refractivity (Wildman–Crippen MR) is 114 cm³/mol. The van der Waals surface area contributed by atoms with Crippen LogP contribution in [0.25, 0.3) is 11.0 Å². The van der Waals surface area contributed by atoms with Gasteiger partial charge in [0.05, 0.1) is 6.61 Å². The second kappa shape index (κ2) is 9.23. The van der Waals surface area contributed by atoms with E-state index < -0.39 is 0 Å². The lowest BCUT2D eigenvalue weighted by molar-refractivity contribution is 0.190. The van der Waals surface area contributed by atoms with Crippen LogP contribution in [0.3, 0.4) is 0 Å². The van der Waals surface area contributed by atoms with Crippen LogP contribution in [0.2, 0.25) is 0 Å². The number of benzene rings is 2. The number of halogens is 1. The van der Waals surface area contributed by atoms with E-state index in [1.54, 1.807) is 25.1 Å². The highest BCUT2D eigenvalue weighted by Crippen LogP contribution is 2.24. The second-order valence-corrected chi connectivity index (χ2v) is 7.69. The van der Waals surface area contributed by atoms with Gasteiger partial charge in [-0.25, -0.2) is 9.18 Å². The first kappa shape index (κ1) is 21.1. The van der Waals surface area contributed by atoms with E-state index in [1.807, 2.05) is 25.1 Å². The van der Waals surface area contributed by atoms with Gasteiger partial charge in [0.1, 0.15) is 17.1 Å². The van der Waals surface area contributed by atoms with Gasteiger partial charge in [-0.15, -0.1) is 0 Å². The van der Waals surface area contributed by atoms with E-state index in [2.05, 4.69) is 18.7 Å². The summed E-state index contributed by atoms with van der Waals surface area (Å²) in [6, 6.07) is 12.7. The number of rotatable bonds is 8. The minimum absolute atomic E-state index is 0.206. The zero-order valence-corrected chi connectivity index (χ0v) is 17.5. The van der Waals surface area contributed by atoms with Crippen molar-refractivity contribution in [3.63, 3.8) is 0 Å². The molecule has 0 N–H and O–H groups in total. The van der Waals surface area contributed by atoms with Crippen molar-refractivity contribution in [3.05, 3.63) is 75.4 Å². The van der Waals surface area contributed by atoms with Crippen molar-refractivity contribution in [3.8, 4) is 5.75 Å². The molecule has 154 valence electrons. The van der Waals surface area contributed by atoms with Gasteiger partial charge in [0, 0.05) is 36.1 Å². The van der Waals surface area contributed by atoms with E-state index >= 15 is 0 Å². The summed E-state index contributed by atoms with van der Waals surface area (Å²) in [5.74, 6) is 0.480. The van der Waals surface area contributed by atoms with Gasteiger partial charge in [-0.1, -0.05) is 12.1 Å². The summed E-state index contributed by atoms with van der Waals surface area (Å²) in [6.45, 7) is 10.1. The number of aryl methyl sites for hydroxylation is 1. The lowest BCUT2D eigenvalue weighted by Gasteiger charge is -2.26. The van der Waals surface area contributed by atoms with Crippen molar-refractivity contribution in [2.24, 2.45) is 0 Å². The molecule has 0 aliphatic rings. The summed E-state index contributed by atoms with van der Waals surface area (Å²) in [7, 11) is 0. The fourth-order valence-electron chi connectivity index (χ4n) is 3.37. The van der Waals surface area contributed by atoms with Crippen molar-refractivity contribution >= 4 is 11.0 Å². The molecular weight excluding hydrogens is 369 g/mol. The van der Waals surface area contributed by atoms with Gasteiger partial charge < -0.3 is 9.15 Å². The van der Waals surface area contributed by atoms with Crippen LogP contribution >= 0.6 is 0 Å². The van der Waals surface area contributed by atoms with Crippen LogP contribution in [-0.4, -0.2) is 24.1 Å². The average molecular weight is 397 g/mol. The highest BCUT2D eigenvalue weighted by atomic mass is 19.1. The van der Waals surface area contributed by atoms with Gasteiger partial charge in [-0.05, 0) is 69.5 Å². The SMILES string of the molecule is Cc1c(C)c2ccc(OCCCN(Cc3cccc(F)c3)C(C)C)cc2oc1=O. The molecular formula is C24H28FNO3. The lowest BCUT2D eigenvalue weighted by Crippen LogP contribution is -2.32. The molecule has 0 bridgehead atoms. The number of hydrogen-bond acceptors (Lipinski definition) is 4. The molecule has 0 saturated carbocycles. The summed E-state index contributed by atoms with van der Waals surface area (Å²) >= 11 is 0. The smallest absolute Gasteiger partial charge is 0.339 e. The van der Waals surface area contributed by atoms with Crippen molar-refractivity contribution < 1.29 is 13.5 Å². The predicted octanol–water partition coefficient (Wildman–Crippen LogP) is 5.23. The summed E-state index contributed by atoms with van der Waals surface area (Å²) in [5, 5.41) is 0.926. The molecule has 0 unspecified atom stereocenters. The van der Waals surface area contributed by atoms with Gasteiger partial charge in [0.2, 0.25) is 0 Å². The van der Waals surface area contributed by atoms with Crippen LogP contribution in [0.15, 0.2) is 51.7 Å². The molecule has 0 fully saturated rings. The molecule has 0 radical (unpaired) electrons. The van der Waals surface area contributed by atoms with E-state index in [-0.39, 0.29) is 11.4 Å². The maximum atomic E-state index is 13.4. The average Bonchev–Trinajstić information content (AvgIpc) is 2.68. The zero-order chi connectivity index (χ0) is 21.0. The third kappa shape index (κ3) is 5.24. The van der Waals surface area contributed by atoms with Crippen LogP contribution in [-0.2, 0) is 6.54 Å². The first-order chi connectivity index (χ1) is 13.8. The molecule has 29 heavy (non-hydrogen) atoms. The van der Waals surface area contributed by atoms with Gasteiger partial charge in [0.15, 0.2) is 0 Å². The van der Waals surface area contributed by atoms with Gasteiger partial charge in [-0.3, -0.25) is 4.90 Å². The lowest BCUT2D eigenvalue weighted by atomic mass is 10.1. The number of hydrogen-bond donors (Lipinski definition) is 0.